The fourth-order valence-electron chi connectivity index (χ4n) is 0.644. The second kappa shape index (κ2) is 7.21. The quantitative estimate of drug-likeness (QED) is 0.569. The predicted octanol–water partition coefficient (Wildman–Crippen LogP) is 2.79. The Morgan fingerprint density at radius 3 is 1.62 bits per heavy atom. The molecule has 1 rings (SSSR count). The van der Waals surface area contributed by atoms with Gasteiger partial charge in [-0.15, -0.1) is 0 Å². The van der Waals surface area contributed by atoms with Crippen molar-refractivity contribution in [2.24, 2.45) is 0 Å². The third-order valence-electron chi connectivity index (χ3n) is 1.36. The second-order valence-corrected chi connectivity index (χ2v) is 6.53. The van der Waals surface area contributed by atoms with E-state index in [9.17, 15) is 9.59 Å². The van der Waals surface area contributed by atoms with Crippen LogP contribution in [0.15, 0.2) is 20.6 Å². The number of esters is 2. The molecule has 8 heteroatoms. The fourth-order valence-corrected chi connectivity index (χ4v) is 5.19. The van der Waals surface area contributed by atoms with Gasteiger partial charge in [0, 0.05) is 10.8 Å². The van der Waals surface area contributed by atoms with Crippen molar-refractivity contribution in [2.45, 2.75) is 0 Å². The molecule has 1 heterocycles. The number of hydrogen-bond donors (Lipinski definition) is 0. The van der Waals surface area contributed by atoms with Gasteiger partial charge in [0.15, 0.2) is 0 Å². The maximum absolute atomic E-state index is 11.2. The molecule has 0 aromatic carbocycles. The molecule has 0 bridgehead atoms. The third kappa shape index (κ3) is 4.00. The van der Waals surface area contributed by atoms with Crippen molar-refractivity contribution in [3.8, 4) is 0 Å². The zero-order chi connectivity index (χ0) is 12.0. The number of carbonyl (C=O) groups is 2. The van der Waals surface area contributed by atoms with Crippen LogP contribution in [0, 0.1) is 0 Å². The first-order chi connectivity index (χ1) is 7.69. The van der Waals surface area contributed by atoms with Crippen LogP contribution < -0.4 is 0 Å². The Morgan fingerprint density at radius 2 is 1.31 bits per heavy atom. The molecule has 1 aliphatic heterocycles. The van der Waals surface area contributed by atoms with Crippen molar-refractivity contribution < 1.29 is 19.1 Å². The van der Waals surface area contributed by atoms with E-state index in [4.69, 9.17) is 0 Å². The van der Waals surface area contributed by atoms with Gasteiger partial charge in [-0.2, -0.15) is 0 Å². The van der Waals surface area contributed by atoms with E-state index in [0.717, 1.165) is 0 Å². The standard InChI is InChI=1S/C8H8O4S4/c1-11-7(9)5-3-13-16-6(4-14-15-5)8(10)12-2/h3-4H,1-2H3/b5-3-,6-4-. The molecule has 4 nitrogen and oxygen atoms in total. The lowest BCUT2D eigenvalue weighted by atomic mass is 10.6. The highest BCUT2D eigenvalue weighted by molar-refractivity contribution is 8.82. The van der Waals surface area contributed by atoms with Crippen LogP contribution >= 0.6 is 43.2 Å². The number of methoxy groups -OCH3 is 2. The molecule has 0 radical (unpaired) electrons. The molecule has 0 atom stereocenters. The van der Waals surface area contributed by atoms with Gasteiger partial charge >= 0.3 is 11.9 Å². The lowest BCUT2D eigenvalue weighted by Crippen LogP contribution is -2.02. The molecule has 0 spiro atoms. The summed E-state index contributed by atoms with van der Waals surface area (Å²) in [6, 6.07) is 0. The Bertz CT molecular complexity index is 316. The van der Waals surface area contributed by atoms with E-state index in [1.54, 1.807) is 10.8 Å². The minimum atomic E-state index is -0.375. The van der Waals surface area contributed by atoms with E-state index >= 15 is 0 Å². The summed E-state index contributed by atoms with van der Waals surface area (Å²) in [5.74, 6) is -0.749. The van der Waals surface area contributed by atoms with Gasteiger partial charge in [0.1, 0.15) is 9.81 Å². The van der Waals surface area contributed by atoms with Crippen molar-refractivity contribution >= 4 is 55.1 Å². The highest BCUT2D eigenvalue weighted by Gasteiger charge is 2.16. The van der Waals surface area contributed by atoms with Crippen molar-refractivity contribution in [1.82, 2.24) is 0 Å². The first kappa shape index (κ1) is 13.9. The molecule has 0 N–H and O–H groups in total. The van der Waals surface area contributed by atoms with E-state index in [2.05, 4.69) is 9.47 Å². The van der Waals surface area contributed by atoms with Crippen molar-refractivity contribution in [1.29, 1.82) is 0 Å². The maximum atomic E-state index is 11.2. The Morgan fingerprint density at radius 1 is 0.938 bits per heavy atom. The lowest BCUT2D eigenvalue weighted by Gasteiger charge is -2.07. The van der Waals surface area contributed by atoms with Crippen LogP contribution in [0.25, 0.3) is 0 Å². The van der Waals surface area contributed by atoms with Gasteiger partial charge in [-0.3, -0.25) is 0 Å². The maximum Gasteiger partial charge on any atom is 0.345 e. The SMILES string of the molecule is COC(=O)/C1=C/SS/C(C(=O)OC)=C\SS1. The van der Waals surface area contributed by atoms with Gasteiger partial charge in [-0.1, -0.05) is 21.6 Å². The normalized spacial score (nSPS) is 22.9. The van der Waals surface area contributed by atoms with Crippen LogP contribution in [0.5, 0.6) is 0 Å². The molecular formula is C8H8O4S4. The molecule has 0 aromatic rings. The molecule has 0 saturated heterocycles. The zero-order valence-corrected chi connectivity index (χ0v) is 11.7. The van der Waals surface area contributed by atoms with Crippen LogP contribution in [0.4, 0.5) is 0 Å². The average Bonchev–Trinajstić information content (AvgIpc) is 2.27. The van der Waals surface area contributed by atoms with Crippen molar-refractivity contribution in [2.75, 3.05) is 14.2 Å². The highest BCUT2D eigenvalue weighted by Crippen LogP contribution is 2.43. The van der Waals surface area contributed by atoms with Gasteiger partial charge in [-0.05, 0) is 21.6 Å². The molecule has 1 aliphatic rings. The summed E-state index contributed by atoms with van der Waals surface area (Å²) < 4.78 is 9.21. The lowest BCUT2D eigenvalue weighted by molar-refractivity contribution is -0.136. The first-order valence-electron chi connectivity index (χ1n) is 3.92. The van der Waals surface area contributed by atoms with E-state index in [-0.39, 0.29) is 11.9 Å². The summed E-state index contributed by atoms with van der Waals surface area (Å²) >= 11 is 0. The summed E-state index contributed by atoms with van der Waals surface area (Å²) in [5, 5.41) is 3.31. The van der Waals surface area contributed by atoms with E-state index in [1.807, 2.05) is 0 Å². The van der Waals surface area contributed by atoms with Gasteiger partial charge in [0.25, 0.3) is 0 Å². The molecular weight excluding hydrogens is 288 g/mol. The van der Waals surface area contributed by atoms with Crippen molar-refractivity contribution in [3.05, 3.63) is 20.6 Å². The van der Waals surface area contributed by atoms with E-state index in [1.165, 1.54) is 57.4 Å². The topological polar surface area (TPSA) is 52.6 Å². The summed E-state index contributed by atoms with van der Waals surface area (Å²) in [6.07, 6.45) is 0. The minimum Gasteiger partial charge on any atom is -0.465 e. The number of rotatable bonds is 2. The minimum absolute atomic E-state index is 0.375. The Kier molecular flexibility index (Phi) is 6.25. The smallest absolute Gasteiger partial charge is 0.345 e. The molecule has 0 saturated carbocycles. The van der Waals surface area contributed by atoms with E-state index in [0.29, 0.717) is 9.81 Å². The first-order valence-corrected chi connectivity index (χ1v) is 8.35. The molecule has 0 aliphatic carbocycles. The zero-order valence-electron chi connectivity index (χ0n) is 8.42. The number of ether oxygens (including phenoxy) is 2. The summed E-state index contributed by atoms with van der Waals surface area (Å²) in [4.78, 5) is 23.5. The summed E-state index contributed by atoms with van der Waals surface area (Å²) in [6.45, 7) is 0. The van der Waals surface area contributed by atoms with Crippen LogP contribution in [-0.2, 0) is 19.1 Å². The Labute approximate surface area is 109 Å². The molecule has 16 heavy (non-hydrogen) atoms. The monoisotopic (exact) mass is 296 g/mol. The van der Waals surface area contributed by atoms with Gasteiger partial charge in [0.2, 0.25) is 0 Å². The number of hydrogen-bond acceptors (Lipinski definition) is 8. The Hall–Kier alpha value is -0.180. The Balaban J connectivity index is 2.64. The van der Waals surface area contributed by atoms with E-state index < -0.39 is 0 Å². The van der Waals surface area contributed by atoms with Crippen LogP contribution in [0.2, 0.25) is 0 Å². The number of carbonyl (C=O) groups excluding carboxylic acids is 2. The largest absolute Gasteiger partial charge is 0.465 e. The second-order valence-electron chi connectivity index (χ2n) is 2.31. The molecule has 0 aromatic heterocycles. The van der Waals surface area contributed by atoms with Crippen LogP contribution in [-0.4, -0.2) is 26.2 Å². The summed E-state index contributed by atoms with van der Waals surface area (Å²) in [5.41, 5.74) is 0. The molecule has 0 fully saturated rings. The van der Waals surface area contributed by atoms with Gasteiger partial charge < -0.3 is 9.47 Å². The van der Waals surface area contributed by atoms with Gasteiger partial charge in [-0.25, -0.2) is 9.59 Å². The third-order valence-corrected chi connectivity index (χ3v) is 5.67. The highest BCUT2D eigenvalue weighted by atomic mass is 33.1. The summed E-state index contributed by atoms with van der Waals surface area (Å²) in [7, 11) is 7.73. The van der Waals surface area contributed by atoms with Gasteiger partial charge in [0.05, 0.1) is 14.2 Å². The van der Waals surface area contributed by atoms with Crippen molar-refractivity contribution in [3.63, 3.8) is 0 Å². The fraction of sp³-hybridized carbons (Fsp3) is 0.250. The molecule has 0 unspecified atom stereocenters. The van der Waals surface area contributed by atoms with Crippen LogP contribution in [0.3, 0.4) is 0 Å². The van der Waals surface area contributed by atoms with Crippen LogP contribution in [0.1, 0.15) is 0 Å². The predicted molar refractivity (Wildman–Crippen MR) is 70.6 cm³/mol. The molecule has 88 valence electrons. The average molecular weight is 296 g/mol. The molecule has 0 amide bonds.